The van der Waals surface area contributed by atoms with Crippen LogP contribution in [0.2, 0.25) is 5.02 Å². The molecule has 0 aliphatic heterocycles. The summed E-state index contributed by atoms with van der Waals surface area (Å²) in [5.41, 5.74) is -0.162. The molecule has 1 aromatic rings. The highest BCUT2D eigenvalue weighted by Crippen LogP contribution is 2.39. The van der Waals surface area contributed by atoms with Crippen molar-refractivity contribution in [3.8, 4) is 11.5 Å². The van der Waals surface area contributed by atoms with Crippen molar-refractivity contribution in [1.29, 1.82) is 0 Å². The monoisotopic (exact) mass is 271 g/mol. The van der Waals surface area contributed by atoms with Crippen molar-refractivity contribution in [3.05, 3.63) is 27.3 Å². The van der Waals surface area contributed by atoms with Crippen molar-refractivity contribution in [2.45, 2.75) is 31.8 Å². The second-order valence-electron chi connectivity index (χ2n) is 4.24. The van der Waals surface area contributed by atoms with Crippen LogP contribution in [0.15, 0.2) is 12.1 Å². The molecule has 0 saturated heterocycles. The molecule has 0 heterocycles. The minimum atomic E-state index is -0.525. The number of hydrogen-bond acceptors (Lipinski definition) is 4. The van der Waals surface area contributed by atoms with Gasteiger partial charge in [-0.25, -0.2) is 0 Å². The van der Waals surface area contributed by atoms with E-state index in [1.807, 2.05) is 0 Å². The van der Waals surface area contributed by atoms with Gasteiger partial charge in [-0.15, -0.1) is 0 Å². The molecule has 1 aromatic carbocycles. The zero-order valence-electron chi connectivity index (χ0n) is 10.0. The van der Waals surface area contributed by atoms with Crippen molar-refractivity contribution in [2.24, 2.45) is 0 Å². The van der Waals surface area contributed by atoms with Gasteiger partial charge in [0.2, 0.25) is 0 Å². The second-order valence-corrected chi connectivity index (χ2v) is 4.64. The quantitative estimate of drug-likeness (QED) is 0.620. The van der Waals surface area contributed by atoms with Crippen molar-refractivity contribution >= 4 is 17.3 Å². The number of methoxy groups -OCH3 is 1. The molecule has 0 radical (unpaired) electrons. The minimum Gasteiger partial charge on any atom is -0.493 e. The summed E-state index contributed by atoms with van der Waals surface area (Å²) in [5, 5.41) is 10.9. The summed E-state index contributed by atoms with van der Waals surface area (Å²) < 4.78 is 10.9. The molecule has 0 unspecified atom stereocenters. The smallest absolute Gasteiger partial charge is 0.291 e. The molecule has 1 saturated carbocycles. The van der Waals surface area contributed by atoms with Crippen LogP contribution in [0, 0.1) is 10.1 Å². The molecule has 1 aliphatic rings. The number of nitro benzene ring substituents is 1. The Balaban J connectivity index is 2.30. The summed E-state index contributed by atoms with van der Waals surface area (Å²) in [6.07, 6.45) is 4.31. The molecule has 0 bridgehead atoms. The molecule has 0 aromatic heterocycles. The van der Waals surface area contributed by atoms with Gasteiger partial charge in [-0.3, -0.25) is 10.1 Å². The van der Waals surface area contributed by atoms with E-state index in [0.717, 1.165) is 25.7 Å². The maximum absolute atomic E-state index is 10.8. The van der Waals surface area contributed by atoms with Gasteiger partial charge in [0.1, 0.15) is 5.02 Å². The Kier molecular flexibility index (Phi) is 3.91. The van der Waals surface area contributed by atoms with E-state index in [1.165, 1.54) is 19.2 Å². The van der Waals surface area contributed by atoms with E-state index in [0.29, 0.717) is 11.5 Å². The fourth-order valence-corrected chi connectivity index (χ4v) is 2.32. The summed E-state index contributed by atoms with van der Waals surface area (Å²) in [7, 11) is 1.49. The highest BCUT2D eigenvalue weighted by Gasteiger charge is 2.22. The number of hydrogen-bond donors (Lipinski definition) is 0. The maximum Gasteiger partial charge on any atom is 0.291 e. The Morgan fingerprint density at radius 3 is 2.56 bits per heavy atom. The third kappa shape index (κ3) is 2.67. The lowest BCUT2D eigenvalue weighted by Gasteiger charge is -2.15. The Morgan fingerprint density at radius 1 is 1.33 bits per heavy atom. The Morgan fingerprint density at radius 2 is 2.00 bits per heavy atom. The van der Waals surface area contributed by atoms with E-state index in [4.69, 9.17) is 21.1 Å². The van der Waals surface area contributed by atoms with E-state index < -0.39 is 4.92 Å². The Hall–Kier alpha value is -1.49. The fraction of sp³-hybridized carbons (Fsp3) is 0.500. The molecule has 1 aliphatic carbocycles. The summed E-state index contributed by atoms with van der Waals surface area (Å²) in [4.78, 5) is 10.3. The van der Waals surface area contributed by atoms with Gasteiger partial charge in [-0.1, -0.05) is 11.6 Å². The van der Waals surface area contributed by atoms with Crippen LogP contribution in [0.3, 0.4) is 0 Å². The van der Waals surface area contributed by atoms with Crippen LogP contribution in [0.4, 0.5) is 5.69 Å². The number of nitro groups is 1. The highest BCUT2D eigenvalue weighted by molar-refractivity contribution is 6.32. The first-order chi connectivity index (χ1) is 8.61. The van der Waals surface area contributed by atoms with Gasteiger partial charge in [0.05, 0.1) is 24.2 Å². The van der Waals surface area contributed by atoms with Gasteiger partial charge < -0.3 is 9.47 Å². The minimum absolute atomic E-state index is 0.0515. The van der Waals surface area contributed by atoms with Crippen LogP contribution in [0.1, 0.15) is 25.7 Å². The molecular formula is C12H14ClNO4. The lowest BCUT2D eigenvalue weighted by molar-refractivity contribution is -0.384. The van der Waals surface area contributed by atoms with Gasteiger partial charge in [-0.2, -0.15) is 0 Å². The molecule has 6 heteroatoms. The number of halogens is 1. The number of rotatable bonds is 4. The van der Waals surface area contributed by atoms with Gasteiger partial charge >= 0.3 is 0 Å². The number of benzene rings is 1. The largest absolute Gasteiger partial charge is 0.493 e. The SMILES string of the molecule is COc1cc(Cl)c([N+](=O)[O-])cc1OC1CCCC1. The summed E-state index contributed by atoms with van der Waals surface area (Å²) >= 11 is 5.81. The molecule has 18 heavy (non-hydrogen) atoms. The summed E-state index contributed by atoms with van der Waals surface area (Å²) in [6.45, 7) is 0. The average molecular weight is 272 g/mol. The average Bonchev–Trinajstić information content (AvgIpc) is 2.83. The molecular weight excluding hydrogens is 258 g/mol. The maximum atomic E-state index is 10.8. The van der Waals surface area contributed by atoms with Crippen LogP contribution >= 0.6 is 11.6 Å². The van der Waals surface area contributed by atoms with E-state index >= 15 is 0 Å². The zero-order chi connectivity index (χ0) is 13.1. The Labute approximate surface area is 110 Å². The fourth-order valence-electron chi connectivity index (χ4n) is 2.10. The van der Waals surface area contributed by atoms with Gasteiger partial charge in [0, 0.05) is 6.07 Å². The second kappa shape index (κ2) is 5.44. The van der Waals surface area contributed by atoms with Crippen LogP contribution < -0.4 is 9.47 Å². The predicted octanol–water partition coefficient (Wildman–Crippen LogP) is 3.58. The normalized spacial score (nSPS) is 15.7. The van der Waals surface area contributed by atoms with Crippen LogP contribution in [0.25, 0.3) is 0 Å². The lowest BCUT2D eigenvalue weighted by Crippen LogP contribution is -2.11. The number of ether oxygens (including phenoxy) is 2. The molecule has 2 rings (SSSR count). The summed E-state index contributed by atoms with van der Waals surface area (Å²) in [5.74, 6) is 0.818. The van der Waals surface area contributed by atoms with Gasteiger partial charge in [-0.05, 0) is 25.7 Å². The first-order valence-electron chi connectivity index (χ1n) is 5.80. The first-order valence-corrected chi connectivity index (χ1v) is 6.18. The third-order valence-electron chi connectivity index (χ3n) is 3.03. The highest BCUT2D eigenvalue weighted by atomic mass is 35.5. The molecule has 0 N–H and O–H groups in total. The van der Waals surface area contributed by atoms with Gasteiger partial charge in [0.15, 0.2) is 11.5 Å². The van der Waals surface area contributed by atoms with E-state index in [2.05, 4.69) is 0 Å². The molecule has 0 amide bonds. The molecule has 1 fully saturated rings. The van der Waals surface area contributed by atoms with E-state index in [-0.39, 0.29) is 16.8 Å². The van der Waals surface area contributed by atoms with Crippen molar-refractivity contribution in [1.82, 2.24) is 0 Å². The Bertz CT molecular complexity index is 458. The molecule has 5 nitrogen and oxygen atoms in total. The number of nitrogens with zero attached hydrogens (tertiary/aromatic N) is 1. The zero-order valence-corrected chi connectivity index (χ0v) is 10.8. The molecule has 98 valence electrons. The van der Waals surface area contributed by atoms with Crippen LogP contribution in [-0.2, 0) is 0 Å². The van der Waals surface area contributed by atoms with Crippen molar-refractivity contribution in [3.63, 3.8) is 0 Å². The van der Waals surface area contributed by atoms with E-state index in [9.17, 15) is 10.1 Å². The first kappa shape index (κ1) is 13.0. The van der Waals surface area contributed by atoms with Crippen LogP contribution in [0.5, 0.6) is 11.5 Å². The molecule has 0 spiro atoms. The lowest BCUT2D eigenvalue weighted by atomic mass is 10.2. The third-order valence-corrected chi connectivity index (χ3v) is 3.33. The van der Waals surface area contributed by atoms with Gasteiger partial charge in [0.25, 0.3) is 5.69 Å². The van der Waals surface area contributed by atoms with E-state index in [1.54, 1.807) is 0 Å². The van der Waals surface area contributed by atoms with Crippen molar-refractivity contribution in [2.75, 3.05) is 7.11 Å². The predicted molar refractivity (Wildman–Crippen MR) is 67.5 cm³/mol. The summed E-state index contributed by atoms with van der Waals surface area (Å²) in [6, 6.07) is 2.75. The topological polar surface area (TPSA) is 61.6 Å². The van der Waals surface area contributed by atoms with Crippen molar-refractivity contribution < 1.29 is 14.4 Å². The van der Waals surface area contributed by atoms with Crippen LogP contribution in [-0.4, -0.2) is 18.1 Å². The molecule has 0 atom stereocenters. The standard InChI is InChI=1S/C12H14ClNO4/c1-17-11-6-9(13)10(14(15)16)7-12(11)18-8-4-2-3-5-8/h6-8H,2-5H2,1H3.